The molecule has 1 aromatic carbocycles. The third-order valence-electron chi connectivity index (χ3n) is 4.22. The van der Waals surface area contributed by atoms with Crippen molar-refractivity contribution in [1.29, 1.82) is 0 Å². The molecule has 1 aliphatic rings. The fraction of sp³-hybridized carbons (Fsp3) is 0.647. The lowest BCUT2D eigenvalue weighted by atomic mass is 9.86. The zero-order chi connectivity index (χ0) is 13.7. The summed E-state index contributed by atoms with van der Waals surface area (Å²) in [5.41, 5.74) is 1.59. The quantitative estimate of drug-likeness (QED) is 0.874. The van der Waals surface area contributed by atoms with Crippen LogP contribution < -0.4 is 5.32 Å². The summed E-state index contributed by atoms with van der Waals surface area (Å²) in [4.78, 5) is 0. The highest BCUT2D eigenvalue weighted by atomic mass is 16.5. The summed E-state index contributed by atoms with van der Waals surface area (Å²) >= 11 is 0. The van der Waals surface area contributed by atoms with E-state index in [1.807, 2.05) is 0 Å². The van der Waals surface area contributed by atoms with Crippen LogP contribution in [0.25, 0.3) is 0 Å². The third-order valence-corrected chi connectivity index (χ3v) is 4.22. The minimum atomic E-state index is 0.153. The molecule has 0 aromatic heterocycles. The van der Waals surface area contributed by atoms with E-state index in [9.17, 15) is 0 Å². The van der Waals surface area contributed by atoms with Crippen LogP contribution in [0.4, 0.5) is 0 Å². The fourth-order valence-electron chi connectivity index (χ4n) is 2.87. The van der Waals surface area contributed by atoms with E-state index < -0.39 is 0 Å². The Bertz CT molecular complexity index is 368. The van der Waals surface area contributed by atoms with E-state index in [1.165, 1.54) is 18.4 Å². The van der Waals surface area contributed by atoms with E-state index >= 15 is 0 Å². The van der Waals surface area contributed by atoms with Crippen LogP contribution in [-0.2, 0) is 4.74 Å². The van der Waals surface area contributed by atoms with Gasteiger partial charge in [-0.1, -0.05) is 44.2 Å². The summed E-state index contributed by atoms with van der Waals surface area (Å²) in [6, 6.07) is 10.8. The van der Waals surface area contributed by atoms with Crippen molar-refractivity contribution in [3.8, 4) is 0 Å². The van der Waals surface area contributed by atoms with Crippen LogP contribution in [0, 0.1) is 5.92 Å². The molecule has 1 heterocycles. The summed E-state index contributed by atoms with van der Waals surface area (Å²) in [5, 5.41) is 3.75. The van der Waals surface area contributed by atoms with Gasteiger partial charge in [0.2, 0.25) is 0 Å². The number of hydrogen-bond donors (Lipinski definition) is 1. The van der Waals surface area contributed by atoms with Crippen LogP contribution in [0.2, 0.25) is 0 Å². The SMILES string of the molecule is CC(C)C(CNC1(C)CCCOC1)c1ccccc1. The van der Waals surface area contributed by atoms with Gasteiger partial charge in [-0.15, -0.1) is 0 Å². The molecule has 0 radical (unpaired) electrons. The Morgan fingerprint density at radius 1 is 1.26 bits per heavy atom. The molecular formula is C17H27NO. The monoisotopic (exact) mass is 261 g/mol. The Kier molecular flexibility index (Phi) is 5.00. The van der Waals surface area contributed by atoms with Gasteiger partial charge in [0.15, 0.2) is 0 Å². The largest absolute Gasteiger partial charge is 0.380 e. The molecule has 1 fully saturated rings. The molecule has 2 rings (SSSR count). The summed E-state index contributed by atoms with van der Waals surface area (Å²) in [7, 11) is 0. The second-order valence-corrected chi connectivity index (χ2v) is 6.36. The van der Waals surface area contributed by atoms with Crippen molar-refractivity contribution in [3.63, 3.8) is 0 Å². The summed E-state index contributed by atoms with van der Waals surface area (Å²) in [6.07, 6.45) is 2.38. The highest BCUT2D eigenvalue weighted by molar-refractivity contribution is 5.20. The van der Waals surface area contributed by atoms with E-state index in [2.05, 4.69) is 56.4 Å². The van der Waals surface area contributed by atoms with Gasteiger partial charge in [-0.3, -0.25) is 0 Å². The number of benzene rings is 1. The van der Waals surface area contributed by atoms with E-state index in [0.717, 1.165) is 19.8 Å². The second kappa shape index (κ2) is 6.53. The molecule has 1 N–H and O–H groups in total. The van der Waals surface area contributed by atoms with Crippen molar-refractivity contribution >= 4 is 0 Å². The Labute approximate surface area is 117 Å². The first kappa shape index (κ1) is 14.5. The van der Waals surface area contributed by atoms with Crippen molar-refractivity contribution in [2.24, 2.45) is 5.92 Å². The molecule has 0 spiro atoms. The lowest BCUT2D eigenvalue weighted by molar-refractivity contribution is 0.0274. The summed E-state index contributed by atoms with van der Waals surface area (Å²) < 4.78 is 5.62. The molecule has 0 bridgehead atoms. The highest BCUT2D eigenvalue weighted by Crippen LogP contribution is 2.25. The van der Waals surface area contributed by atoms with E-state index in [0.29, 0.717) is 11.8 Å². The van der Waals surface area contributed by atoms with Gasteiger partial charge < -0.3 is 10.1 Å². The predicted molar refractivity (Wildman–Crippen MR) is 80.5 cm³/mol. The van der Waals surface area contributed by atoms with Gasteiger partial charge in [0, 0.05) is 18.7 Å². The maximum atomic E-state index is 5.62. The molecule has 1 saturated heterocycles. The van der Waals surface area contributed by atoms with Crippen LogP contribution in [0.5, 0.6) is 0 Å². The van der Waals surface area contributed by atoms with Gasteiger partial charge in [-0.25, -0.2) is 0 Å². The zero-order valence-corrected chi connectivity index (χ0v) is 12.5. The standard InChI is InChI=1S/C17H27NO/c1-14(2)16(15-8-5-4-6-9-15)12-18-17(3)10-7-11-19-13-17/h4-6,8-9,14,16,18H,7,10-13H2,1-3H3. The van der Waals surface area contributed by atoms with E-state index in [4.69, 9.17) is 4.74 Å². The zero-order valence-electron chi connectivity index (χ0n) is 12.5. The smallest absolute Gasteiger partial charge is 0.0645 e. The molecule has 1 aliphatic heterocycles. The van der Waals surface area contributed by atoms with Crippen molar-refractivity contribution < 1.29 is 4.74 Å². The van der Waals surface area contributed by atoms with Crippen LogP contribution in [0.15, 0.2) is 30.3 Å². The Hall–Kier alpha value is -0.860. The second-order valence-electron chi connectivity index (χ2n) is 6.36. The minimum Gasteiger partial charge on any atom is -0.380 e. The Morgan fingerprint density at radius 2 is 2.00 bits per heavy atom. The molecular weight excluding hydrogens is 234 g/mol. The Morgan fingerprint density at radius 3 is 2.58 bits per heavy atom. The van der Waals surface area contributed by atoms with Crippen LogP contribution in [0.1, 0.15) is 45.1 Å². The molecule has 2 atom stereocenters. The third kappa shape index (κ3) is 4.05. The number of nitrogens with one attached hydrogen (secondary N) is 1. The molecule has 0 saturated carbocycles. The first-order valence-corrected chi connectivity index (χ1v) is 7.48. The molecule has 2 unspecified atom stereocenters. The van der Waals surface area contributed by atoms with Crippen molar-refractivity contribution in [2.75, 3.05) is 19.8 Å². The lowest BCUT2D eigenvalue weighted by Gasteiger charge is -2.36. The van der Waals surface area contributed by atoms with Crippen molar-refractivity contribution in [2.45, 2.75) is 45.1 Å². The van der Waals surface area contributed by atoms with Gasteiger partial charge in [-0.05, 0) is 37.2 Å². The van der Waals surface area contributed by atoms with Crippen molar-refractivity contribution in [1.82, 2.24) is 5.32 Å². The van der Waals surface area contributed by atoms with Gasteiger partial charge in [-0.2, -0.15) is 0 Å². The minimum absolute atomic E-state index is 0.153. The predicted octanol–water partition coefficient (Wildman–Crippen LogP) is 3.58. The molecule has 1 aromatic rings. The molecule has 19 heavy (non-hydrogen) atoms. The molecule has 2 heteroatoms. The lowest BCUT2D eigenvalue weighted by Crippen LogP contribution is -2.50. The van der Waals surface area contributed by atoms with Crippen LogP contribution in [0.3, 0.4) is 0 Å². The van der Waals surface area contributed by atoms with Crippen molar-refractivity contribution in [3.05, 3.63) is 35.9 Å². The maximum Gasteiger partial charge on any atom is 0.0645 e. The molecule has 106 valence electrons. The Balaban J connectivity index is 1.98. The van der Waals surface area contributed by atoms with E-state index in [-0.39, 0.29) is 5.54 Å². The average Bonchev–Trinajstić information content (AvgIpc) is 2.40. The van der Waals surface area contributed by atoms with Gasteiger partial charge in [0.05, 0.1) is 6.61 Å². The van der Waals surface area contributed by atoms with Crippen LogP contribution >= 0.6 is 0 Å². The first-order chi connectivity index (χ1) is 9.11. The number of hydrogen-bond acceptors (Lipinski definition) is 2. The number of ether oxygens (including phenoxy) is 1. The number of rotatable bonds is 5. The molecule has 2 nitrogen and oxygen atoms in total. The fourth-order valence-corrected chi connectivity index (χ4v) is 2.87. The topological polar surface area (TPSA) is 21.3 Å². The van der Waals surface area contributed by atoms with Crippen LogP contribution in [-0.4, -0.2) is 25.3 Å². The average molecular weight is 261 g/mol. The van der Waals surface area contributed by atoms with Gasteiger partial charge in [0.1, 0.15) is 0 Å². The molecule has 0 amide bonds. The van der Waals surface area contributed by atoms with Gasteiger partial charge >= 0.3 is 0 Å². The first-order valence-electron chi connectivity index (χ1n) is 7.48. The van der Waals surface area contributed by atoms with Gasteiger partial charge in [0.25, 0.3) is 0 Å². The normalized spacial score (nSPS) is 25.5. The summed E-state index contributed by atoms with van der Waals surface area (Å²) in [5.74, 6) is 1.21. The maximum absolute atomic E-state index is 5.62. The molecule has 0 aliphatic carbocycles. The summed E-state index contributed by atoms with van der Waals surface area (Å²) in [6.45, 7) is 9.68. The van der Waals surface area contributed by atoms with E-state index in [1.54, 1.807) is 0 Å². The highest BCUT2D eigenvalue weighted by Gasteiger charge is 2.28.